The average Bonchev–Trinajstić information content (AvgIpc) is 2.74. The minimum absolute atomic E-state index is 0.131. The van der Waals surface area contributed by atoms with E-state index in [-0.39, 0.29) is 12.1 Å². The summed E-state index contributed by atoms with van der Waals surface area (Å²) in [7, 11) is 1.73. The third-order valence-corrected chi connectivity index (χ3v) is 2.59. The molecule has 102 valence electrons. The van der Waals surface area contributed by atoms with E-state index in [1.165, 1.54) is 12.1 Å². The molecule has 2 rings (SSSR count). The van der Waals surface area contributed by atoms with Gasteiger partial charge in [0.15, 0.2) is 0 Å². The Labute approximate surface area is 108 Å². The number of alkyl halides is 3. The Kier molecular flexibility index (Phi) is 3.84. The molecule has 0 atom stereocenters. The van der Waals surface area contributed by atoms with Crippen LogP contribution in [-0.4, -0.2) is 15.0 Å². The summed E-state index contributed by atoms with van der Waals surface area (Å²) in [6, 6.07) is 5.52. The van der Waals surface area contributed by atoms with E-state index in [1.54, 1.807) is 24.0 Å². The second-order valence-corrected chi connectivity index (χ2v) is 4.14. The second kappa shape index (κ2) is 5.40. The zero-order valence-electron chi connectivity index (χ0n) is 10.3. The van der Waals surface area contributed by atoms with Crippen molar-refractivity contribution < 1.29 is 13.2 Å². The van der Waals surface area contributed by atoms with E-state index in [1.807, 2.05) is 0 Å². The quantitative estimate of drug-likeness (QED) is 0.925. The fourth-order valence-electron chi connectivity index (χ4n) is 1.75. The number of halogens is 3. The summed E-state index contributed by atoms with van der Waals surface area (Å²) in [4.78, 5) is 0. The number of rotatable bonds is 4. The SMILES string of the molecule is Cn1cc(CNCc2ccccc2C(F)(F)F)nn1. The van der Waals surface area contributed by atoms with Gasteiger partial charge in [-0.15, -0.1) is 5.10 Å². The molecular weight excluding hydrogens is 257 g/mol. The Balaban J connectivity index is 2.00. The Hall–Kier alpha value is -1.89. The normalized spacial score (nSPS) is 11.8. The molecule has 0 saturated carbocycles. The first-order valence-electron chi connectivity index (χ1n) is 5.68. The predicted molar refractivity (Wildman–Crippen MR) is 63.0 cm³/mol. The molecule has 4 nitrogen and oxygen atoms in total. The van der Waals surface area contributed by atoms with E-state index in [9.17, 15) is 13.2 Å². The monoisotopic (exact) mass is 270 g/mol. The van der Waals surface area contributed by atoms with Crippen LogP contribution in [0.5, 0.6) is 0 Å². The molecule has 0 unspecified atom stereocenters. The van der Waals surface area contributed by atoms with Crippen LogP contribution in [0.2, 0.25) is 0 Å². The summed E-state index contributed by atoms with van der Waals surface area (Å²) in [5.41, 5.74) is 0.299. The van der Waals surface area contributed by atoms with Gasteiger partial charge in [-0.3, -0.25) is 4.68 Å². The van der Waals surface area contributed by atoms with E-state index >= 15 is 0 Å². The van der Waals surface area contributed by atoms with Crippen molar-refractivity contribution in [2.75, 3.05) is 0 Å². The number of hydrogen-bond donors (Lipinski definition) is 1. The molecule has 1 N–H and O–H groups in total. The van der Waals surface area contributed by atoms with Gasteiger partial charge >= 0.3 is 6.18 Å². The molecule has 1 heterocycles. The van der Waals surface area contributed by atoms with Gasteiger partial charge in [0.2, 0.25) is 0 Å². The minimum Gasteiger partial charge on any atom is -0.307 e. The molecule has 0 spiro atoms. The lowest BCUT2D eigenvalue weighted by molar-refractivity contribution is -0.138. The Morgan fingerprint density at radius 3 is 2.58 bits per heavy atom. The van der Waals surface area contributed by atoms with Crippen molar-refractivity contribution in [1.29, 1.82) is 0 Å². The van der Waals surface area contributed by atoms with Crippen LogP contribution in [0.1, 0.15) is 16.8 Å². The Morgan fingerprint density at radius 2 is 1.95 bits per heavy atom. The molecule has 0 amide bonds. The highest BCUT2D eigenvalue weighted by Crippen LogP contribution is 2.31. The van der Waals surface area contributed by atoms with Gasteiger partial charge in [0.1, 0.15) is 0 Å². The van der Waals surface area contributed by atoms with Crippen LogP contribution in [-0.2, 0) is 26.3 Å². The molecule has 0 radical (unpaired) electrons. The minimum atomic E-state index is -4.33. The number of nitrogens with zero attached hydrogens (tertiary/aromatic N) is 3. The fourth-order valence-corrected chi connectivity index (χ4v) is 1.75. The molecule has 0 aliphatic heterocycles. The van der Waals surface area contributed by atoms with Crippen LogP contribution in [0.15, 0.2) is 30.5 Å². The number of aryl methyl sites for hydroxylation is 1. The standard InChI is InChI=1S/C12H13F3N4/c1-19-8-10(17-18-19)7-16-6-9-4-2-3-5-11(9)12(13,14)15/h2-5,8,16H,6-7H2,1H3. The zero-order valence-corrected chi connectivity index (χ0v) is 10.3. The van der Waals surface area contributed by atoms with Gasteiger partial charge < -0.3 is 5.32 Å². The second-order valence-electron chi connectivity index (χ2n) is 4.14. The first-order chi connectivity index (χ1) is 8.97. The lowest BCUT2D eigenvalue weighted by Gasteiger charge is -2.12. The van der Waals surface area contributed by atoms with E-state index in [2.05, 4.69) is 15.6 Å². The maximum absolute atomic E-state index is 12.7. The third kappa shape index (κ3) is 3.54. The van der Waals surface area contributed by atoms with Crippen molar-refractivity contribution in [1.82, 2.24) is 20.3 Å². The van der Waals surface area contributed by atoms with Gasteiger partial charge in [0.05, 0.1) is 11.3 Å². The highest BCUT2D eigenvalue weighted by Gasteiger charge is 2.32. The molecule has 7 heteroatoms. The summed E-state index contributed by atoms with van der Waals surface area (Å²) in [5, 5.41) is 10.5. The van der Waals surface area contributed by atoms with Gasteiger partial charge in [0, 0.05) is 26.3 Å². The number of nitrogens with one attached hydrogen (secondary N) is 1. The van der Waals surface area contributed by atoms with Crippen molar-refractivity contribution in [3.63, 3.8) is 0 Å². The average molecular weight is 270 g/mol. The summed E-state index contributed by atoms with van der Waals surface area (Å²) in [5.74, 6) is 0. The van der Waals surface area contributed by atoms with E-state index in [0.717, 1.165) is 6.07 Å². The van der Waals surface area contributed by atoms with E-state index < -0.39 is 11.7 Å². The molecule has 0 fully saturated rings. The lowest BCUT2D eigenvalue weighted by atomic mass is 10.1. The van der Waals surface area contributed by atoms with Crippen molar-refractivity contribution in [2.24, 2.45) is 7.05 Å². The molecule has 2 aromatic rings. The third-order valence-electron chi connectivity index (χ3n) is 2.59. The van der Waals surface area contributed by atoms with Gasteiger partial charge in [-0.2, -0.15) is 13.2 Å². The molecule has 0 aliphatic rings. The molecule has 0 aliphatic carbocycles. The van der Waals surface area contributed by atoms with Gasteiger partial charge in [0.25, 0.3) is 0 Å². The molecule has 1 aromatic heterocycles. The largest absolute Gasteiger partial charge is 0.416 e. The number of aromatic nitrogens is 3. The molecular formula is C12H13F3N4. The number of hydrogen-bond acceptors (Lipinski definition) is 3. The van der Waals surface area contributed by atoms with Crippen molar-refractivity contribution in [2.45, 2.75) is 19.3 Å². The van der Waals surface area contributed by atoms with E-state index in [4.69, 9.17) is 0 Å². The Morgan fingerprint density at radius 1 is 1.21 bits per heavy atom. The molecule has 0 saturated heterocycles. The smallest absolute Gasteiger partial charge is 0.307 e. The molecule has 19 heavy (non-hydrogen) atoms. The van der Waals surface area contributed by atoms with Crippen molar-refractivity contribution >= 4 is 0 Å². The number of benzene rings is 1. The summed E-state index contributed by atoms with van der Waals surface area (Å²) in [6.07, 6.45) is -2.62. The first kappa shape index (κ1) is 13.5. The van der Waals surface area contributed by atoms with E-state index in [0.29, 0.717) is 12.2 Å². The highest BCUT2D eigenvalue weighted by atomic mass is 19.4. The fraction of sp³-hybridized carbons (Fsp3) is 0.333. The van der Waals surface area contributed by atoms with Crippen LogP contribution in [0.4, 0.5) is 13.2 Å². The van der Waals surface area contributed by atoms with Gasteiger partial charge in [-0.05, 0) is 11.6 Å². The maximum atomic E-state index is 12.7. The van der Waals surface area contributed by atoms with Gasteiger partial charge in [-0.25, -0.2) is 0 Å². The lowest BCUT2D eigenvalue weighted by Crippen LogP contribution is -2.17. The summed E-state index contributed by atoms with van der Waals surface area (Å²) < 4.78 is 39.8. The summed E-state index contributed by atoms with van der Waals surface area (Å²) in [6.45, 7) is 0.506. The molecule has 0 bridgehead atoms. The molecule has 1 aromatic carbocycles. The summed E-state index contributed by atoms with van der Waals surface area (Å²) >= 11 is 0. The zero-order chi connectivity index (χ0) is 13.9. The van der Waals surface area contributed by atoms with Crippen LogP contribution in [0.25, 0.3) is 0 Å². The van der Waals surface area contributed by atoms with Crippen molar-refractivity contribution in [3.8, 4) is 0 Å². The first-order valence-corrected chi connectivity index (χ1v) is 5.68. The van der Waals surface area contributed by atoms with Crippen LogP contribution in [0.3, 0.4) is 0 Å². The van der Waals surface area contributed by atoms with Gasteiger partial charge in [-0.1, -0.05) is 23.4 Å². The highest BCUT2D eigenvalue weighted by molar-refractivity contribution is 5.29. The Bertz CT molecular complexity index is 548. The van der Waals surface area contributed by atoms with Crippen LogP contribution in [0, 0.1) is 0 Å². The predicted octanol–water partition coefficient (Wildman–Crippen LogP) is 2.12. The van der Waals surface area contributed by atoms with Crippen molar-refractivity contribution in [3.05, 3.63) is 47.3 Å². The topological polar surface area (TPSA) is 42.7 Å². The van der Waals surface area contributed by atoms with Crippen LogP contribution >= 0.6 is 0 Å². The maximum Gasteiger partial charge on any atom is 0.416 e. The van der Waals surface area contributed by atoms with Crippen LogP contribution < -0.4 is 5.32 Å².